The molecule has 0 aliphatic heterocycles. The maximum absolute atomic E-state index is 5.78. The van der Waals surface area contributed by atoms with Crippen molar-refractivity contribution in [3.63, 3.8) is 0 Å². The molecule has 0 aliphatic rings. The van der Waals surface area contributed by atoms with Crippen LogP contribution in [0.1, 0.15) is 12.0 Å². The Labute approximate surface area is 99.8 Å². The van der Waals surface area contributed by atoms with Crippen LogP contribution in [0.4, 0.5) is 5.69 Å². The van der Waals surface area contributed by atoms with Crippen LogP contribution in [0.5, 0.6) is 0 Å². The molecule has 1 aromatic carbocycles. The van der Waals surface area contributed by atoms with Crippen LogP contribution in [0, 0.1) is 0 Å². The third-order valence-electron chi connectivity index (χ3n) is 2.41. The SMILES string of the molecule is Nc1cccc(CCCn2cc(Cl)cn2)c1. The molecule has 0 saturated carbocycles. The molecule has 2 N–H and O–H groups in total. The van der Waals surface area contributed by atoms with Gasteiger partial charge in [0.1, 0.15) is 0 Å². The molecule has 0 bridgehead atoms. The molecule has 1 heterocycles. The van der Waals surface area contributed by atoms with Crippen molar-refractivity contribution in [2.24, 2.45) is 0 Å². The number of aromatic nitrogens is 2. The third-order valence-corrected chi connectivity index (χ3v) is 2.60. The molecule has 4 heteroatoms. The lowest BCUT2D eigenvalue weighted by atomic mass is 10.1. The summed E-state index contributed by atoms with van der Waals surface area (Å²) in [7, 11) is 0. The van der Waals surface area contributed by atoms with Gasteiger partial charge in [-0.15, -0.1) is 0 Å². The second-order valence-electron chi connectivity index (χ2n) is 3.77. The molecule has 1 aromatic heterocycles. The Morgan fingerprint density at radius 1 is 1.38 bits per heavy atom. The molecule has 2 aromatic rings. The monoisotopic (exact) mass is 235 g/mol. The zero-order valence-corrected chi connectivity index (χ0v) is 9.69. The summed E-state index contributed by atoms with van der Waals surface area (Å²) < 4.78 is 1.86. The van der Waals surface area contributed by atoms with E-state index < -0.39 is 0 Å². The predicted molar refractivity (Wildman–Crippen MR) is 66.4 cm³/mol. The largest absolute Gasteiger partial charge is 0.399 e. The summed E-state index contributed by atoms with van der Waals surface area (Å²) in [5.41, 5.74) is 7.79. The minimum Gasteiger partial charge on any atom is -0.399 e. The highest BCUT2D eigenvalue weighted by atomic mass is 35.5. The number of aryl methyl sites for hydroxylation is 2. The summed E-state index contributed by atoms with van der Waals surface area (Å²) in [6.07, 6.45) is 5.52. The van der Waals surface area contributed by atoms with Crippen LogP contribution in [0.25, 0.3) is 0 Å². The molecule has 16 heavy (non-hydrogen) atoms. The molecule has 0 atom stereocenters. The van der Waals surface area contributed by atoms with E-state index in [1.807, 2.05) is 29.1 Å². The van der Waals surface area contributed by atoms with Gasteiger partial charge in [-0.05, 0) is 30.5 Å². The fourth-order valence-electron chi connectivity index (χ4n) is 1.65. The molecule has 84 valence electrons. The molecule has 0 unspecified atom stereocenters. The van der Waals surface area contributed by atoms with E-state index in [2.05, 4.69) is 11.2 Å². The van der Waals surface area contributed by atoms with Crippen molar-refractivity contribution in [1.82, 2.24) is 9.78 Å². The first-order valence-electron chi connectivity index (χ1n) is 5.26. The van der Waals surface area contributed by atoms with Gasteiger partial charge in [-0.25, -0.2) is 0 Å². The van der Waals surface area contributed by atoms with E-state index in [1.165, 1.54) is 5.56 Å². The van der Waals surface area contributed by atoms with E-state index in [4.69, 9.17) is 17.3 Å². The van der Waals surface area contributed by atoms with Crippen molar-refractivity contribution in [3.8, 4) is 0 Å². The summed E-state index contributed by atoms with van der Waals surface area (Å²) in [5, 5.41) is 4.81. The van der Waals surface area contributed by atoms with Gasteiger partial charge in [0.25, 0.3) is 0 Å². The van der Waals surface area contributed by atoms with Crippen LogP contribution in [0.2, 0.25) is 5.02 Å². The van der Waals surface area contributed by atoms with Crippen LogP contribution < -0.4 is 5.73 Å². The van der Waals surface area contributed by atoms with E-state index >= 15 is 0 Å². The quantitative estimate of drug-likeness (QED) is 0.829. The summed E-state index contributed by atoms with van der Waals surface area (Å²) in [6.45, 7) is 0.877. The maximum Gasteiger partial charge on any atom is 0.0785 e. The number of nitrogens with two attached hydrogens (primary N) is 1. The topological polar surface area (TPSA) is 43.8 Å². The van der Waals surface area contributed by atoms with Crippen LogP contribution in [-0.4, -0.2) is 9.78 Å². The number of halogens is 1. The van der Waals surface area contributed by atoms with Crippen molar-refractivity contribution < 1.29 is 0 Å². The Morgan fingerprint density at radius 3 is 2.94 bits per heavy atom. The van der Waals surface area contributed by atoms with Crippen molar-refractivity contribution in [2.75, 3.05) is 5.73 Å². The zero-order valence-electron chi connectivity index (χ0n) is 8.94. The number of anilines is 1. The van der Waals surface area contributed by atoms with Gasteiger partial charge in [0.05, 0.1) is 11.2 Å². The normalized spacial score (nSPS) is 10.6. The number of nitrogens with zero attached hydrogens (tertiary/aromatic N) is 2. The van der Waals surface area contributed by atoms with Gasteiger partial charge in [0.15, 0.2) is 0 Å². The Balaban J connectivity index is 1.84. The highest BCUT2D eigenvalue weighted by Gasteiger charge is 1.97. The average molecular weight is 236 g/mol. The van der Waals surface area contributed by atoms with Crippen molar-refractivity contribution >= 4 is 17.3 Å². The summed E-state index contributed by atoms with van der Waals surface area (Å²) >= 11 is 5.78. The minimum absolute atomic E-state index is 0.684. The van der Waals surface area contributed by atoms with E-state index in [9.17, 15) is 0 Å². The van der Waals surface area contributed by atoms with Gasteiger partial charge in [0.2, 0.25) is 0 Å². The fourth-order valence-corrected chi connectivity index (χ4v) is 1.81. The lowest BCUT2D eigenvalue weighted by Gasteiger charge is -2.03. The first-order valence-corrected chi connectivity index (χ1v) is 5.64. The highest BCUT2D eigenvalue weighted by Crippen LogP contribution is 2.10. The molecule has 3 nitrogen and oxygen atoms in total. The van der Waals surface area contributed by atoms with Crippen molar-refractivity contribution in [1.29, 1.82) is 0 Å². The van der Waals surface area contributed by atoms with Crippen LogP contribution in [0.15, 0.2) is 36.7 Å². The van der Waals surface area contributed by atoms with Gasteiger partial charge in [-0.3, -0.25) is 4.68 Å². The average Bonchev–Trinajstić information content (AvgIpc) is 2.64. The first kappa shape index (κ1) is 11.0. The Morgan fingerprint density at radius 2 is 2.25 bits per heavy atom. The lowest BCUT2D eigenvalue weighted by Crippen LogP contribution is -2.00. The van der Waals surface area contributed by atoms with Gasteiger partial charge >= 0.3 is 0 Å². The number of nitrogen functional groups attached to an aromatic ring is 1. The second-order valence-corrected chi connectivity index (χ2v) is 4.21. The molecule has 0 amide bonds. The first-order chi connectivity index (χ1) is 7.74. The molecule has 0 saturated heterocycles. The lowest BCUT2D eigenvalue weighted by molar-refractivity contribution is 0.579. The Hall–Kier alpha value is -1.48. The van der Waals surface area contributed by atoms with Gasteiger partial charge in [0, 0.05) is 18.4 Å². The molecule has 0 spiro atoms. The zero-order chi connectivity index (χ0) is 11.4. The molecule has 0 radical (unpaired) electrons. The number of benzene rings is 1. The third kappa shape index (κ3) is 3.00. The van der Waals surface area contributed by atoms with Crippen molar-refractivity contribution in [2.45, 2.75) is 19.4 Å². The minimum atomic E-state index is 0.684. The number of hydrogen-bond acceptors (Lipinski definition) is 2. The van der Waals surface area contributed by atoms with Crippen LogP contribution in [0.3, 0.4) is 0 Å². The van der Waals surface area contributed by atoms with E-state index in [0.717, 1.165) is 25.1 Å². The molecule has 2 rings (SSSR count). The summed E-state index contributed by atoms with van der Waals surface area (Å²) in [4.78, 5) is 0. The maximum atomic E-state index is 5.78. The summed E-state index contributed by atoms with van der Waals surface area (Å²) in [5.74, 6) is 0. The smallest absolute Gasteiger partial charge is 0.0785 e. The van der Waals surface area contributed by atoms with Gasteiger partial charge in [-0.1, -0.05) is 23.7 Å². The number of rotatable bonds is 4. The Bertz CT molecular complexity index is 465. The Kier molecular flexibility index (Phi) is 3.47. The van der Waals surface area contributed by atoms with Gasteiger partial charge in [-0.2, -0.15) is 5.10 Å². The molecule has 0 fully saturated rings. The van der Waals surface area contributed by atoms with E-state index in [0.29, 0.717) is 5.02 Å². The van der Waals surface area contributed by atoms with Gasteiger partial charge < -0.3 is 5.73 Å². The fraction of sp³-hybridized carbons (Fsp3) is 0.250. The predicted octanol–water partition coefficient (Wildman–Crippen LogP) is 2.75. The van der Waals surface area contributed by atoms with E-state index in [-0.39, 0.29) is 0 Å². The standard InChI is InChI=1S/C12H14ClN3/c13-11-8-15-16(9-11)6-2-4-10-3-1-5-12(14)7-10/h1,3,5,7-9H,2,4,6,14H2. The molecule has 0 aliphatic carbocycles. The van der Waals surface area contributed by atoms with Crippen molar-refractivity contribution in [3.05, 3.63) is 47.2 Å². The summed E-state index contributed by atoms with van der Waals surface area (Å²) in [6, 6.07) is 7.98. The van der Waals surface area contributed by atoms with Crippen LogP contribution >= 0.6 is 11.6 Å². The molecular weight excluding hydrogens is 222 g/mol. The highest BCUT2D eigenvalue weighted by molar-refractivity contribution is 6.30. The molecular formula is C12H14ClN3. The number of hydrogen-bond donors (Lipinski definition) is 1. The second kappa shape index (κ2) is 5.03. The van der Waals surface area contributed by atoms with E-state index in [1.54, 1.807) is 6.20 Å². The van der Waals surface area contributed by atoms with Crippen LogP contribution in [-0.2, 0) is 13.0 Å².